The van der Waals surface area contributed by atoms with Crippen molar-refractivity contribution in [2.45, 2.75) is 11.5 Å². The van der Waals surface area contributed by atoms with Gasteiger partial charge in [0, 0.05) is 48.6 Å². The van der Waals surface area contributed by atoms with E-state index in [9.17, 15) is 4.39 Å². The van der Waals surface area contributed by atoms with E-state index in [0.717, 1.165) is 16.7 Å². The molecule has 33 heavy (non-hydrogen) atoms. The van der Waals surface area contributed by atoms with Gasteiger partial charge in [0.2, 0.25) is 5.95 Å². The number of nitrogens with zero attached hydrogens (tertiary/aromatic N) is 4. The number of aliphatic imine (C=N–C) groups is 1. The summed E-state index contributed by atoms with van der Waals surface area (Å²) in [4.78, 5) is 8.38. The molecule has 1 spiro atoms. The molecule has 3 aromatic rings. The quantitative estimate of drug-likeness (QED) is 0.605. The minimum absolute atomic E-state index is 0.0237. The molecular formula is C24H19F2N5O2. The van der Waals surface area contributed by atoms with Crippen LogP contribution >= 0.6 is 0 Å². The number of nitrogens with two attached hydrogens (primary N) is 1. The Labute approximate surface area is 188 Å². The van der Waals surface area contributed by atoms with Crippen molar-refractivity contribution in [2.24, 2.45) is 15.8 Å². The highest BCUT2D eigenvalue weighted by Crippen LogP contribution is 2.53. The molecule has 1 aromatic heterocycles. The van der Waals surface area contributed by atoms with E-state index in [1.165, 1.54) is 18.3 Å². The largest absolute Gasteiger partial charge is 0.462 e. The second-order valence-corrected chi connectivity index (χ2v) is 8.37. The lowest BCUT2D eigenvalue weighted by molar-refractivity contribution is 0.262. The minimum atomic E-state index is -1.07. The number of aromatic nitrogens is 1. The first-order valence-corrected chi connectivity index (χ1v) is 10.4. The summed E-state index contributed by atoms with van der Waals surface area (Å²) in [5.74, 6) is -0.544. The normalized spacial score (nSPS) is 22.6. The number of rotatable bonds is 2. The highest BCUT2D eigenvalue weighted by atomic mass is 19.1. The highest BCUT2D eigenvalue weighted by Gasteiger charge is 2.48. The van der Waals surface area contributed by atoms with Crippen LogP contribution in [-0.2, 0) is 10.3 Å². The van der Waals surface area contributed by atoms with E-state index in [1.54, 1.807) is 23.4 Å². The average molecular weight is 447 g/mol. The molecule has 0 fully saturated rings. The summed E-state index contributed by atoms with van der Waals surface area (Å²) >= 11 is 0. The molecule has 4 heterocycles. The monoisotopic (exact) mass is 447 g/mol. The van der Waals surface area contributed by atoms with Crippen molar-refractivity contribution in [3.63, 3.8) is 0 Å². The summed E-state index contributed by atoms with van der Waals surface area (Å²) in [5.41, 5.74) is 8.39. The van der Waals surface area contributed by atoms with Gasteiger partial charge in [-0.2, -0.15) is 9.49 Å². The Morgan fingerprint density at radius 3 is 2.64 bits per heavy atom. The third kappa shape index (κ3) is 3.03. The Hall–Kier alpha value is -4.01. The van der Waals surface area contributed by atoms with E-state index in [1.807, 2.05) is 25.2 Å². The number of halogens is 2. The Morgan fingerprint density at radius 2 is 1.94 bits per heavy atom. The Balaban J connectivity index is 1.54. The van der Waals surface area contributed by atoms with Gasteiger partial charge < -0.3 is 15.2 Å². The van der Waals surface area contributed by atoms with Gasteiger partial charge in [0.1, 0.15) is 12.4 Å². The van der Waals surface area contributed by atoms with Crippen LogP contribution in [0.25, 0.3) is 11.1 Å². The van der Waals surface area contributed by atoms with Crippen molar-refractivity contribution in [1.29, 1.82) is 0 Å². The summed E-state index contributed by atoms with van der Waals surface area (Å²) in [6, 6.07) is 11.8. The molecule has 0 saturated carbocycles. The smallest absolute Gasteiger partial charge is 0.283 e. The van der Waals surface area contributed by atoms with Crippen LogP contribution < -0.4 is 10.5 Å². The van der Waals surface area contributed by atoms with Crippen LogP contribution in [0, 0.1) is 11.8 Å². The minimum Gasteiger partial charge on any atom is -0.462 e. The van der Waals surface area contributed by atoms with Gasteiger partial charge in [0.15, 0.2) is 17.1 Å². The van der Waals surface area contributed by atoms with Gasteiger partial charge in [-0.3, -0.25) is 5.01 Å². The van der Waals surface area contributed by atoms with Crippen molar-refractivity contribution in [1.82, 2.24) is 9.99 Å². The van der Waals surface area contributed by atoms with Gasteiger partial charge in [-0.05, 0) is 47.5 Å². The molecule has 0 aliphatic carbocycles. The summed E-state index contributed by atoms with van der Waals surface area (Å²) in [5, 5.41) is 6.08. The molecule has 0 amide bonds. The van der Waals surface area contributed by atoms with Gasteiger partial charge in [0.05, 0.1) is 0 Å². The van der Waals surface area contributed by atoms with Crippen molar-refractivity contribution in [3.8, 4) is 22.6 Å². The summed E-state index contributed by atoms with van der Waals surface area (Å²) in [7, 11) is 1.87. The molecule has 9 heteroatoms. The number of ether oxygens (including phenoxy) is 2. The van der Waals surface area contributed by atoms with Crippen LogP contribution in [0.4, 0.5) is 8.78 Å². The molecule has 7 nitrogen and oxygen atoms in total. The second-order valence-electron chi connectivity index (χ2n) is 8.37. The molecule has 2 atom stereocenters. The predicted molar refractivity (Wildman–Crippen MR) is 118 cm³/mol. The SMILES string of the molecule is CN1CC(c2cc(F)c3c(c2)[C@]2(COC(N)=N2)c2cc(-c4ccc(F)nc4)ccc2O3)C=N1. The number of benzene rings is 2. The summed E-state index contributed by atoms with van der Waals surface area (Å²) in [6.07, 6.45) is 3.26. The first-order chi connectivity index (χ1) is 15.9. The van der Waals surface area contributed by atoms with Gasteiger partial charge in [-0.1, -0.05) is 6.07 Å². The zero-order valence-electron chi connectivity index (χ0n) is 17.6. The molecule has 0 saturated heterocycles. The zero-order chi connectivity index (χ0) is 22.7. The maximum Gasteiger partial charge on any atom is 0.283 e. The molecule has 0 bridgehead atoms. The highest BCUT2D eigenvalue weighted by molar-refractivity contribution is 5.78. The molecule has 1 unspecified atom stereocenters. The molecule has 2 aromatic carbocycles. The molecule has 2 N–H and O–H groups in total. The second kappa shape index (κ2) is 6.99. The number of pyridine rings is 1. The number of hydrogen-bond donors (Lipinski definition) is 1. The van der Waals surface area contributed by atoms with E-state index in [4.69, 9.17) is 15.2 Å². The number of hydrogen-bond acceptors (Lipinski definition) is 7. The number of hydrazone groups is 1. The molecule has 3 aliphatic rings. The Kier molecular flexibility index (Phi) is 4.17. The van der Waals surface area contributed by atoms with Crippen LogP contribution in [0.3, 0.4) is 0 Å². The molecular weight excluding hydrogens is 428 g/mol. The topological polar surface area (TPSA) is 85.3 Å². The third-order valence-corrected chi connectivity index (χ3v) is 6.27. The van der Waals surface area contributed by atoms with E-state index in [2.05, 4.69) is 15.1 Å². The summed E-state index contributed by atoms with van der Waals surface area (Å²) < 4.78 is 40.3. The lowest BCUT2D eigenvalue weighted by Crippen LogP contribution is -2.32. The number of amidine groups is 1. The fraction of sp³-hybridized carbons (Fsp3) is 0.208. The maximum atomic E-state index is 15.3. The first-order valence-electron chi connectivity index (χ1n) is 10.4. The van der Waals surface area contributed by atoms with Crippen molar-refractivity contribution < 1.29 is 18.3 Å². The first kappa shape index (κ1) is 19.7. The van der Waals surface area contributed by atoms with Crippen LogP contribution in [0.2, 0.25) is 0 Å². The fourth-order valence-electron chi connectivity index (χ4n) is 4.63. The maximum absolute atomic E-state index is 15.3. The van der Waals surface area contributed by atoms with Gasteiger partial charge >= 0.3 is 0 Å². The molecule has 6 rings (SSSR count). The lowest BCUT2D eigenvalue weighted by atomic mass is 9.79. The molecule has 0 radical (unpaired) electrons. The van der Waals surface area contributed by atoms with E-state index in [0.29, 0.717) is 23.4 Å². The standard InChI is InChI=1S/C24H19F2N5O2/c1-31-11-16(10-29-31)15-7-18-22(19(25)8-15)33-20-4-2-13(14-3-5-21(26)28-9-14)6-17(20)24(18)12-32-23(27)30-24/h2-10,16H,11-12H2,1H3,(H2,27,30)/t16?,24-/m0/s1. The van der Waals surface area contributed by atoms with Gasteiger partial charge in [-0.15, -0.1) is 0 Å². The fourth-order valence-corrected chi connectivity index (χ4v) is 4.63. The van der Waals surface area contributed by atoms with Gasteiger partial charge in [-0.25, -0.2) is 14.4 Å². The predicted octanol–water partition coefficient (Wildman–Crippen LogP) is 3.74. The van der Waals surface area contributed by atoms with Crippen LogP contribution in [0.5, 0.6) is 11.5 Å². The van der Waals surface area contributed by atoms with E-state index in [-0.39, 0.29) is 24.3 Å². The van der Waals surface area contributed by atoms with Gasteiger partial charge in [0.25, 0.3) is 6.02 Å². The number of fused-ring (bicyclic) bond motifs is 4. The van der Waals surface area contributed by atoms with Crippen LogP contribution in [0.1, 0.15) is 22.6 Å². The van der Waals surface area contributed by atoms with Crippen LogP contribution in [-0.4, -0.2) is 42.4 Å². The van der Waals surface area contributed by atoms with Crippen molar-refractivity contribution in [2.75, 3.05) is 20.2 Å². The molecule has 3 aliphatic heterocycles. The van der Waals surface area contributed by atoms with E-state index >= 15 is 4.39 Å². The lowest BCUT2D eigenvalue weighted by Gasteiger charge is -2.34. The van der Waals surface area contributed by atoms with E-state index < -0.39 is 17.3 Å². The Morgan fingerprint density at radius 1 is 1.09 bits per heavy atom. The summed E-state index contributed by atoms with van der Waals surface area (Å²) in [6.45, 7) is 0.751. The Bertz CT molecular complexity index is 1340. The van der Waals surface area contributed by atoms with Crippen molar-refractivity contribution >= 4 is 12.2 Å². The van der Waals surface area contributed by atoms with Crippen LogP contribution in [0.15, 0.2) is 58.8 Å². The third-order valence-electron chi connectivity index (χ3n) is 6.27. The average Bonchev–Trinajstić information content (AvgIpc) is 3.41. The van der Waals surface area contributed by atoms with Crippen molar-refractivity contribution in [3.05, 3.63) is 77.1 Å². The number of likely N-dealkylation sites (N-methyl/N-ethyl adjacent to an activating group) is 1. The molecule has 166 valence electrons. The zero-order valence-corrected chi connectivity index (χ0v) is 17.6.